The zero-order valence-corrected chi connectivity index (χ0v) is 23.6. The van der Waals surface area contributed by atoms with E-state index in [1.807, 2.05) is 24.3 Å². The lowest BCUT2D eigenvalue weighted by Crippen LogP contribution is -2.14. The summed E-state index contributed by atoms with van der Waals surface area (Å²) in [5.74, 6) is -1.01. The van der Waals surface area contributed by atoms with Crippen molar-refractivity contribution in [3.05, 3.63) is 59.7 Å². The van der Waals surface area contributed by atoms with Crippen molar-refractivity contribution in [3.63, 3.8) is 0 Å². The summed E-state index contributed by atoms with van der Waals surface area (Å²) in [6.07, 6.45) is 0.919. The number of carbonyl (C=O) groups excluding carboxylic acids is 1. The van der Waals surface area contributed by atoms with Crippen LogP contribution in [0.3, 0.4) is 0 Å². The molecule has 0 unspecified atom stereocenters. The van der Waals surface area contributed by atoms with Crippen LogP contribution < -0.4 is 0 Å². The third kappa shape index (κ3) is 12.7. The number of aliphatic carboxylic acids is 1. The fourth-order valence-electron chi connectivity index (χ4n) is 4.37. The van der Waals surface area contributed by atoms with Crippen molar-refractivity contribution in [2.24, 2.45) is 0 Å². The Morgan fingerprint density at radius 3 is 1.44 bits per heavy atom. The molecule has 1 N–H and O–H groups in total. The predicted octanol–water partition coefficient (Wildman–Crippen LogP) is 3.70. The summed E-state index contributed by atoms with van der Waals surface area (Å²) < 4.78 is 37.9. The van der Waals surface area contributed by atoms with E-state index in [0.717, 1.165) is 0 Å². The molecule has 0 amide bonds. The summed E-state index contributed by atoms with van der Waals surface area (Å²) in [5, 5.41) is 8.49. The van der Waals surface area contributed by atoms with Gasteiger partial charge in [-0.25, -0.2) is 0 Å². The molecule has 10 nitrogen and oxygen atoms in total. The van der Waals surface area contributed by atoms with Crippen LogP contribution in [0, 0.1) is 0 Å². The minimum atomic E-state index is -0.876. The molecule has 0 spiro atoms. The largest absolute Gasteiger partial charge is 0.481 e. The Labute approximate surface area is 241 Å². The number of hydrogen-bond acceptors (Lipinski definition) is 9. The standard InChI is InChI=1S/C31H42O10/c32-30(33)11-13-36-15-17-38-19-21-40-23-22-39-20-18-37-16-14-35-12-5-10-31(34)41-24-29-27-8-3-1-6-25(27)26-7-2-4-9-28(26)29/h1-4,6-9,29H,5,10-24H2,(H,32,33). The molecule has 0 bridgehead atoms. The van der Waals surface area contributed by atoms with Crippen LogP contribution in [-0.4, -0.2) is 103 Å². The van der Waals surface area contributed by atoms with Gasteiger partial charge in [0.1, 0.15) is 6.61 Å². The Balaban J connectivity index is 1.06. The molecule has 2 aromatic rings. The highest BCUT2D eigenvalue weighted by molar-refractivity contribution is 5.79. The summed E-state index contributed by atoms with van der Waals surface area (Å²) in [7, 11) is 0. The van der Waals surface area contributed by atoms with Crippen molar-refractivity contribution in [3.8, 4) is 11.1 Å². The molecule has 0 fully saturated rings. The Morgan fingerprint density at radius 1 is 0.561 bits per heavy atom. The van der Waals surface area contributed by atoms with E-state index in [1.165, 1.54) is 22.3 Å². The second-order valence-electron chi connectivity index (χ2n) is 9.33. The lowest BCUT2D eigenvalue weighted by atomic mass is 9.98. The number of rotatable bonds is 24. The van der Waals surface area contributed by atoms with Gasteiger partial charge in [0.2, 0.25) is 0 Å². The maximum absolute atomic E-state index is 12.3. The Bertz CT molecular complexity index is 982. The van der Waals surface area contributed by atoms with Crippen molar-refractivity contribution in [1.29, 1.82) is 0 Å². The molecule has 226 valence electrons. The van der Waals surface area contributed by atoms with Crippen LogP contribution >= 0.6 is 0 Å². The van der Waals surface area contributed by atoms with Crippen LogP contribution in [0.15, 0.2) is 48.5 Å². The molecular formula is C31H42O10. The molecule has 0 atom stereocenters. The number of carboxylic acids is 1. The first-order valence-corrected chi connectivity index (χ1v) is 14.2. The van der Waals surface area contributed by atoms with Gasteiger partial charge in [-0.1, -0.05) is 48.5 Å². The molecule has 1 aliphatic rings. The first-order valence-electron chi connectivity index (χ1n) is 14.2. The number of hydrogen-bond donors (Lipinski definition) is 1. The molecule has 0 heterocycles. The first kappa shape index (κ1) is 32.7. The summed E-state index contributed by atoms with van der Waals surface area (Å²) in [5.41, 5.74) is 4.85. The highest BCUT2D eigenvalue weighted by Gasteiger charge is 2.28. The summed E-state index contributed by atoms with van der Waals surface area (Å²) in [6.45, 7) is 5.45. The highest BCUT2D eigenvalue weighted by Crippen LogP contribution is 2.44. The van der Waals surface area contributed by atoms with E-state index in [9.17, 15) is 9.59 Å². The number of fused-ring (bicyclic) bond motifs is 3. The number of esters is 1. The average Bonchev–Trinajstić information content (AvgIpc) is 3.30. The molecule has 0 saturated carbocycles. The Kier molecular flexibility index (Phi) is 16.0. The zero-order valence-electron chi connectivity index (χ0n) is 23.6. The Morgan fingerprint density at radius 2 is 0.976 bits per heavy atom. The summed E-state index contributed by atoms with van der Waals surface area (Å²) >= 11 is 0. The second-order valence-corrected chi connectivity index (χ2v) is 9.33. The van der Waals surface area contributed by atoms with Gasteiger partial charge >= 0.3 is 11.9 Å². The van der Waals surface area contributed by atoms with Crippen molar-refractivity contribution < 1.29 is 47.9 Å². The van der Waals surface area contributed by atoms with E-state index >= 15 is 0 Å². The summed E-state index contributed by atoms with van der Waals surface area (Å²) in [6, 6.07) is 16.6. The normalized spacial score (nSPS) is 12.3. The predicted molar refractivity (Wildman–Crippen MR) is 151 cm³/mol. The van der Waals surface area contributed by atoms with Gasteiger partial charge in [-0.3, -0.25) is 9.59 Å². The number of carbonyl (C=O) groups is 2. The van der Waals surface area contributed by atoms with Gasteiger partial charge in [0.15, 0.2) is 0 Å². The zero-order chi connectivity index (χ0) is 29.0. The quantitative estimate of drug-likeness (QED) is 0.147. The molecule has 1 aliphatic carbocycles. The number of carboxylic acid groups (broad SMARTS) is 1. The van der Waals surface area contributed by atoms with Gasteiger partial charge in [0.05, 0.1) is 79.1 Å². The van der Waals surface area contributed by atoms with Gasteiger partial charge in [-0.2, -0.15) is 0 Å². The van der Waals surface area contributed by atoms with E-state index in [2.05, 4.69) is 24.3 Å². The molecule has 0 saturated heterocycles. The van der Waals surface area contributed by atoms with Crippen molar-refractivity contribution in [2.75, 3.05) is 85.9 Å². The van der Waals surface area contributed by atoms with Crippen LogP contribution in [0.4, 0.5) is 0 Å². The first-order chi connectivity index (χ1) is 20.2. The number of benzene rings is 2. The van der Waals surface area contributed by atoms with Crippen LogP contribution in [0.2, 0.25) is 0 Å². The average molecular weight is 575 g/mol. The van der Waals surface area contributed by atoms with Crippen LogP contribution in [0.25, 0.3) is 11.1 Å². The maximum atomic E-state index is 12.3. The molecule has 0 aliphatic heterocycles. The minimum Gasteiger partial charge on any atom is -0.481 e. The SMILES string of the molecule is O=C(O)CCOCCOCCOCCOCCOCCOCCCC(=O)OCC1c2ccccc2-c2ccccc21. The fourth-order valence-corrected chi connectivity index (χ4v) is 4.37. The third-order valence-electron chi connectivity index (χ3n) is 6.36. The molecule has 3 rings (SSSR count). The smallest absolute Gasteiger partial charge is 0.305 e. The topological polar surface area (TPSA) is 119 Å². The molecule has 41 heavy (non-hydrogen) atoms. The van der Waals surface area contributed by atoms with Gasteiger partial charge in [0.25, 0.3) is 0 Å². The van der Waals surface area contributed by atoms with Crippen LogP contribution in [-0.2, 0) is 42.7 Å². The van der Waals surface area contributed by atoms with Gasteiger partial charge in [-0.15, -0.1) is 0 Å². The van der Waals surface area contributed by atoms with E-state index in [0.29, 0.717) is 92.1 Å². The lowest BCUT2D eigenvalue weighted by Gasteiger charge is -2.14. The lowest BCUT2D eigenvalue weighted by molar-refractivity contribution is -0.144. The second kappa shape index (κ2) is 20.1. The molecule has 10 heteroatoms. The van der Waals surface area contributed by atoms with E-state index < -0.39 is 5.97 Å². The molecular weight excluding hydrogens is 532 g/mol. The monoisotopic (exact) mass is 574 g/mol. The fraction of sp³-hybridized carbons (Fsp3) is 0.548. The minimum absolute atomic E-state index is 0.00452. The Hall–Kier alpha value is -2.86. The van der Waals surface area contributed by atoms with Gasteiger partial charge in [-0.05, 0) is 28.7 Å². The van der Waals surface area contributed by atoms with Crippen molar-refractivity contribution in [1.82, 2.24) is 0 Å². The highest BCUT2D eigenvalue weighted by atomic mass is 16.6. The molecule has 0 aromatic heterocycles. The van der Waals surface area contributed by atoms with E-state index in [1.54, 1.807) is 0 Å². The maximum Gasteiger partial charge on any atom is 0.305 e. The van der Waals surface area contributed by atoms with E-state index in [-0.39, 0.29) is 24.9 Å². The van der Waals surface area contributed by atoms with Gasteiger partial charge in [0, 0.05) is 18.9 Å². The van der Waals surface area contributed by atoms with Crippen LogP contribution in [0.1, 0.15) is 36.3 Å². The third-order valence-corrected chi connectivity index (χ3v) is 6.36. The summed E-state index contributed by atoms with van der Waals surface area (Å²) in [4.78, 5) is 22.6. The molecule has 2 aromatic carbocycles. The van der Waals surface area contributed by atoms with Gasteiger partial charge < -0.3 is 38.3 Å². The number of ether oxygens (including phenoxy) is 7. The van der Waals surface area contributed by atoms with Crippen molar-refractivity contribution >= 4 is 11.9 Å². The van der Waals surface area contributed by atoms with E-state index in [4.69, 9.17) is 38.3 Å². The molecule has 0 radical (unpaired) electrons. The van der Waals surface area contributed by atoms with Crippen LogP contribution in [0.5, 0.6) is 0 Å². The van der Waals surface area contributed by atoms with Crippen molar-refractivity contribution in [2.45, 2.75) is 25.2 Å².